The van der Waals surface area contributed by atoms with Crippen LogP contribution in [0.1, 0.15) is 27.8 Å². The van der Waals surface area contributed by atoms with E-state index >= 15 is 0 Å². The van der Waals surface area contributed by atoms with Crippen LogP contribution in [0.25, 0.3) is 0 Å². The summed E-state index contributed by atoms with van der Waals surface area (Å²) in [4.78, 5) is 14.5. The molecular weight excluding hydrogens is 370 g/mol. The van der Waals surface area contributed by atoms with Gasteiger partial charge >= 0.3 is 0 Å². The molecule has 1 aromatic heterocycles. The molecule has 0 radical (unpaired) electrons. The largest absolute Gasteiger partial charge is 0.272 e. The number of likely N-dealkylation sites (N-methyl/N-ethyl adjacent to an activating group) is 1. The number of carbonyl (C=O) groups excluding carboxylic acids is 1. The van der Waals surface area contributed by atoms with Crippen LogP contribution in [0.3, 0.4) is 0 Å². The van der Waals surface area contributed by atoms with Gasteiger partial charge in [0.05, 0.1) is 17.2 Å². The van der Waals surface area contributed by atoms with E-state index in [2.05, 4.69) is 10.5 Å². The van der Waals surface area contributed by atoms with E-state index in [1.807, 2.05) is 33.8 Å². The van der Waals surface area contributed by atoms with E-state index in [9.17, 15) is 13.2 Å². The molecule has 26 heavy (non-hydrogen) atoms. The molecule has 1 heterocycles. The average molecular weight is 394 g/mol. The molecule has 0 bridgehead atoms. The Bertz CT molecular complexity index is 929. The molecule has 0 spiro atoms. The molecule has 1 N–H and O–H groups in total. The number of sulfonamides is 1. The van der Waals surface area contributed by atoms with E-state index in [4.69, 9.17) is 0 Å². The molecule has 0 atom stereocenters. The van der Waals surface area contributed by atoms with Crippen molar-refractivity contribution in [2.45, 2.75) is 32.6 Å². The molecule has 0 aliphatic carbocycles. The molecule has 0 saturated heterocycles. The van der Waals surface area contributed by atoms with E-state index in [0.717, 1.165) is 20.3 Å². The van der Waals surface area contributed by atoms with Crippen LogP contribution in [0.15, 0.2) is 40.3 Å². The second-order valence-corrected chi connectivity index (χ2v) is 9.64. The summed E-state index contributed by atoms with van der Waals surface area (Å²) in [5.74, 6) is -0.493. The molecule has 0 saturated carbocycles. The maximum Gasteiger partial charge on any atom is 0.255 e. The summed E-state index contributed by atoms with van der Waals surface area (Å²) in [5, 5.41) is 4.09. The van der Waals surface area contributed by atoms with Crippen molar-refractivity contribution in [1.29, 1.82) is 0 Å². The van der Waals surface area contributed by atoms with Crippen LogP contribution in [-0.2, 0) is 14.8 Å². The zero-order valence-electron chi connectivity index (χ0n) is 15.5. The predicted octanol–water partition coefficient (Wildman–Crippen LogP) is 2.83. The minimum absolute atomic E-state index is 0.155. The van der Waals surface area contributed by atoms with Crippen LogP contribution in [0, 0.1) is 20.8 Å². The Labute approximate surface area is 158 Å². The summed E-state index contributed by atoms with van der Waals surface area (Å²) >= 11 is 1.66. The zero-order valence-corrected chi connectivity index (χ0v) is 17.2. The van der Waals surface area contributed by atoms with Gasteiger partial charge in [-0.3, -0.25) is 4.79 Å². The second-order valence-electron chi connectivity index (χ2n) is 6.13. The van der Waals surface area contributed by atoms with Crippen molar-refractivity contribution in [1.82, 2.24) is 9.73 Å². The summed E-state index contributed by atoms with van der Waals surface area (Å²) < 4.78 is 26.0. The van der Waals surface area contributed by atoms with Crippen LogP contribution < -0.4 is 5.43 Å². The standard InChI is InChI=1S/C18H23N3O3S2/c1-12-6-8-16(9-7-12)26(23,24)21(5)11-18(22)20-19-14(3)17-10-13(2)25-15(17)4/h6-10H,11H2,1-5H3,(H,20,22)/b19-14-. The number of rotatable bonds is 6. The van der Waals surface area contributed by atoms with E-state index < -0.39 is 15.9 Å². The molecule has 0 aliphatic rings. The van der Waals surface area contributed by atoms with E-state index in [-0.39, 0.29) is 11.4 Å². The molecule has 0 fully saturated rings. The number of hydrogen-bond donors (Lipinski definition) is 1. The molecule has 6 nitrogen and oxygen atoms in total. The van der Waals surface area contributed by atoms with Gasteiger partial charge in [0.2, 0.25) is 10.0 Å². The lowest BCUT2D eigenvalue weighted by Crippen LogP contribution is -2.36. The highest BCUT2D eigenvalue weighted by atomic mass is 32.2. The Kier molecular flexibility index (Phi) is 6.33. The van der Waals surface area contributed by atoms with E-state index in [0.29, 0.717) is 5.71 Å². The molecule has 140 valence electrons. The molecule has 1 amide bonds. The number of thiophene rings is 1. The topological polar surface area (TPSA) is 78.8 Å². The first-order valence-corrected chi connectivity index (χ1v) is 10.3. The smallest absolute Gasteiger partial charge is 0.255 e. The number of nitrogens with one attached hydrogen (secondary N) is 1. The molecule has 0 unspecified atom stereocenters. The van der Waals surface area contributed by atoms with Crippen molar-refractivity contribution < 1.29 is 13.2 Å². The Morgan fingerprint density at radius 1 is 1.19 bits per heavy atom. The fourth-order valence-electron chi connectivity index (χ4n) is 2.41. The van der Waals surface area contributed by atoms with Gasteiger partial charge in [0.1, 0.15) is 0 Å². The Hall–Kier alpha value is -2.03. The number of benzene rings is 1. The monoisotopic (exact) mass is 393 g/mol. The minimum Gasteiger partial charge on any atom is -0.272 e. The Morgan fingerprint density at radius 3 is 2.35 bits per heavy atom. The third-order valence-corrected chi connectivity index (χ3v) is 6.66. The normalized spacial score (nSPS) is 12.5. The van der Waals surface area contributed by atoms with Gasteiger partial charge in [-0.15, -0.1) is 11.3 Å². The fraction of sp³-hybridized carbons (Fsp3) is 0.333. The first kappa shape index (κ1) is 20.3. The van der Waals surface area contributed by atoms with Crippen molar-refractivity contribution in [3.8, 4) is 0 Å². The van der Waals surface area contributed by atoms with Crippen LogP contribution in [0.5, 0.6) is 0 Å². The van der Waals surface area contributed by atoms with Crippen molar-refractivity contribution >= 4 is 33.0 Å². The predicted molar refractivity (Wildman–Crippen MR) is 105 cm³/mol. The summed E-state index contributed by atoms with van der Waals surface area (Å²) in [7, 11) is -2.35. The lowest BCUT2D eigenvalue weighted by molar-refractivity contribution is -0.121. The summed E-state index contributed by atoms with van der Waals surface area (Å²) in [6.07, 6.45) is 0. The second kappa shape index (κ2) is 8.11. The van der Waals surface area contributed by atoms with E-state index in [1.54, 1.807) is 23.5 Å². The van der Waals surface area contributed by atoms with Gasteiger partial charge in [-0.05, 0) is 45.9 Å². The maximum absolute atomic E-state index is 12.5. The number of aryl methyl sites for hydroxylation is 3. The SMILES string of the molecule is C/C(=N/NC(=O)CN(C)S(=O)(=O)c1ccc(C)cc1)c1cc(C)sc1C. The number of amides is 1. The quantitative estimate of drug-likeness (QED) is 0.605. The van der Waals surface area contributed by atoms with Crippen molar-refractivity contribution in [2.75, 3.05) is 13.6 Å². The average Bonchev–Trinajstić information content (AvgIpc) is 2.91. The lowest BCUT2D eigenvalue weighted by atomic mass is 10.2. The number of hydrazone groups is 1. The van der Waals surface area contributed by atoms with Crippen molar-refractivity contribution in [3.63, 3.8) is 0 Å². The third kappa shape index (κ3) is 4.78. The summed E-state index contributed by atoms with van der Waals surface area (Å²) in [6, 6.07) is 8.52. The highest BCUT2D eigenvalue weighted by Gasteiger charge is 2.22. The van der Waals surface area contributed by atoms with Gasteiger partial charge in [0.15, 0.2) is 0 Å². The number of nitrogens with zero attached hydrogens (tertiary/aromatic N) is 2. The van der Waals surface area contributed by atoms with E-state index in [1.165, 1.54) is 24.1 Å². The van der Waals surface area contributed by atoms with Gasteiger partial charge in [-0.25, -0.2) is 13.8 Å². The molecule has 2 rings (SSSR count). The summed E-state index contributed by atoms with van der Waals surface area (Å²) in [5.41, 5.74) is 5.06. The Morgan fingerprint density at radius 2 is 1.81 bits per heavy atom. The highest BCUT2D eigenvalue weighted by molar-refractivity contribution is 7.89. The van der Waals surface area contributed by atoms with Gasteiger partial charge in [0.25, 0.3) is 5.91 Å². The molecule has 1 aromatic carbocycles. The number of hydrogen-bond acceptors (Lipinski definition) is 5. The van der Waals surface area contributed by atoms with Gasteiger partial charge in [-0.1, -0.05) is 17.7 Å². The molecule has 2 aromatic rings. The van der Waals surface area contributed by atoms with Crippen LogP contribution in [0.2, 0.25) is 0 Å². The van der Waals surface area contributed by atoms with Gasteiger partial charge in [0, 0.05) is 22.4 Å². The third-order valence-electron chi connectivity index (χ3n) is 3.87. The van der Waals surface area contributed by atoms with Gasteiger partial charge in [-0.2, -0.15) is 9.41 Å². The maximum atomic E-state index is 12.5. The summed E-state index contributed by atoms with van der Waals surface area (Å²) in [6.45, 7) is 7.38. The fourth-order valence-corrected chi connectivity index (χ4v) is 4.51. The molecule has 0 aliphatic heterocycles. The lowest BCUT2D eigenvalue weighted by Gasteiger charge is -2.16. The van der Waals surface area contributed by atoms with Crippen molar-refractivity contribution in [2.24, 2.45) is 5.10 Å². The van der Waals surface area contributed by atoms with Crippen molar-refractivity contribution in [3.05, 3.63) is 51.2 Å². The highest BCUT2D eigenvalue weighted by Crippen LogP contribution is 2.21. The van der Waals surface area contributed by atoms with Gasteiger partial charge < -0.3 is 0 Å². The Balaban J connectivity index is 2.03. The zero-order chi connectivity index (χ0) is 19.5. The van der Waals surface area contributed by atoms with Crippen LogP contribution in [0.4, 0.5) is 0 Å². The minimum atomic E-state index is -3.72. The first-order chi connectivity index (χ1) is 12.1. The molecule has 8 heteroatoms. The first-order valence-electron chi connectivity index (χ1n) is 8.05. The number of carbonyl (C=O) groups is 1. The van der Waals surface area contributed by atoms with Crippen LogP contribution >= 0.6 is 11.3 Å². The molecular formula is C18H23N3O3S2. The van der Waals surface area contributed by atoms with Crippen LogP contribution in [-0.4, -0.2) is 37.9 Å².